The molecule has 0 unspecified atom stereocenters. The summed E-state index contributed by atoms with van der Waals surface area (Å²) in [5.41, 5.74) is 3.37. The summed E-state index contributed by atoms with van der Waals surface area (Å²) in [5.74, 6) is 0.928. The predicted molar refractivity (Wildman–Crippen MR) is 74.1 cm³/mol. The third kappa shape index (κ3) is 3.14. The first-order valence-electron chi connectivity index (χ1n) is 5.91. The molecule has 1 rings (SSSR count). The van der Waals surface area contributed by atoms with Gasteiger partial charge in [-0.15, -0.1) is 0 Å². The first kappa shape index (κ1) is 14.3. The van der Waals surface area contributed by atoms with Crippen LogP contribution in [0.5, 0.6) is 5.75 Å². The molecule has 17 heavy (non-hydrogen) atoms. The highest BCUT2D eigenvalue weighted by Gasteiger charge is 2.15. The van der Waals surface area contributed by atoms with E-state index in [9.17, 15) is 0 Å². The van der Waals surface area contributed by atoms with E-state index in [1.807, 2.05) is 13.0 Å². The van der Waals surface area contributed by atoms with E-state index in [2.05, 4.69) is 32.7 Å². The van der Waals surface area contributed by atoms with Crippen molar-refractivity contribution in [2.24, 2.45) is 0 Å². The number of nitrogens with zero attached hydrogens (tertiary/aromatic N) is 1. The molecule has 0 heterocycles. The number of methoxy groups -OCH3 is 1. The van der Waals surface area contributed by atoms with Gasteiger partial charge in [0.1, 0.15) is 5.75 Å². The van der Waals surface area contributed by atoms with E-state index in [1.54, 1.807) is 7.11 Å². The molecular weight excluding hydrogens is 234 g/mol. The molecule has 0 aliphatic rings. The van der Waals surface area contributed by atoms with Gasteiger partial charge in [0.2, 0.25) is 0 Å². The normalized spacial score (nSPS) is 11.4. The van der Waals surface area contributed by atoms with Crippen molar-refractivity contribution in [2.45, 2.75) is 40.3 Å². The Balaban J connectivity index is 3.17. The van der Waals surface area contributed by atoms with Crippen LogP contribution in [0.15, 0.2) is 6.07 Å². The van der Waals surface area contributed by atoms with Crippen molar-refractivity contribution >= 4 is 11.6 Å². The van der Waals surface area contributed by atoms with Gasteiger partial charge >= 0.3 is 0 Å². The zero-order valence-electron chi connectivity index (χ0n) is 11.6. The Bertz CT molecular complexity index is 402. The Kier molecular flexibility index (Phi) is 4.84. The summed E-state index contributed by atoms with van der Waals surface area (Å²) in [6.07, 6.45) is 0. The number of hydrogen-bond acceptors (Lipinski definition) is 2. The smallest absolute Gasteiger partial charge is 0.123 e. The molecule has 0 aliphatic carbocycles. The molecular formula is C14H22ClNO. The van der Waals surface area contributed by atoms with Crippen molar-refractivity contribution in [1.82, 2.24) is 4.90 Å². The molecule has 1 aromatic carbocycles. The molecule has 0 N–H and O–H groups in total. The first-order chi connectivity index (χ1) is 7.88. The lowest BCUT2D eigenvalue weighted by atomic mass is 10.0. The second kappa shape index (κ2) is 5.74. The minimum Gasteiger partial charge on any atom is -0.496 e. The van der Waals surface area contributed by atoms with Crippen LogP contribution in [0.25, 0.3) is 0 Å². The van der Waals surface area contributed by atoms with Gasteiger partial charge in [0.25, 0.3) is 0 Å². The van der Waals surface area contributed by atoms with Gasteiger partial charge in [-0.2, -0.15) is 0 Å². The van der Waals surface area contributed by atoms with Gasteiger partial charge < -0.3 is 4.74 Å². The van der Waals surface area contributed by atoms with Gasteiger partial charge in [0, 0.05) is 23.2 Å². The van der Waals surface area contributed by atoms with Crippen molar-refractivity contribution in [3.8, 4) is 5.75 Å². The van der Waals surface area contributed by atoms with Gasteiger partial charge in [-0.25, -0.2) is 0 Å². The maximum absolute atomic E-state index is 6.30. The molecule has 0 atom stereocenters. The minimum atomic E-state index is 0.499. The fraction of sp³-hybridized carbons (Fsp3) is 0.571. The third-order valence-electron chi connectivity index (χ3n) is 3.28. The number of benzene rings is 1. The van der Waals surface area contributed by atoms with E-state index in [1.165, 1.54) is 5.56 Å². The van der Waals surface area contributed by atoms with Crippen LogP contribution in [0.4, 0.5) is 0 Å². The molecule has 0 saturated heterocycles. The molecule has 0 aliphatic heterocycles. The zero-order valence-corrected chi connectivity index (χ0v) is 12.4. The largest absolute Gasteiger partial charge is 0.496 e. The van der Waals surface area contributed by atoms with Crippen LogP contribution in [0, 0.1) is 13.8 Å². The predicted octanol–water partition coefficient (Wildman–Crippen LogP) is 3.81. The van der Waals surface area contributed by atoms with E-state index < -0.39 is 0 Å². The number of aryl methyl sites for hydroxylation is 1. The number of rotatable bonds is 4. The van der Waals surface area contributed by atoms with Crippen LogP contribution < -0.4 is 4.74 Å². The highest BCUT2D eigenvalue weighted by Crippen LogP contribution is 2.32. The zero-order chi connectivity index (χ0) is 13.2. The maximum atomic E-state index is 6.30. The van der Waals surface area contributed by atoms with Gasteiger partial charge in [-0.05, 0) is 51.9 Å². The topological polar surface area (TPSA) is 12.5 Å². The summed E-state index contributed by atoms with van der Waals surface area (Å²) in [5, 5.41) is 0.845. The molecule has 0 spiro atoms. The van der Waals surface area contributed by atoms with Crippen LogP contribution in [-0.4, -0.2) is 25.1 Å². The minimum absolute atomic E-state index is 0.499. The molecule has 0 bridgehead atoms. The second-order valence-electron chi connectivity index (χ2n) is 4.82. The van der Waals surface area contributed by atoms with Crippen LogP contribution >= 0.6 is 11.6 Å². The summed E-state index contributed by atoms with van der Waals surface area (Å²) in [4.78, 5) is 2.27. The molecule has 96 valence electrons. The standard InChI is InChI=1S/C14H22ClNO/c1-9(2)16(5)8-12-11(4)14(15)10(3)7-13(12)17-6/h7,9H,8H2,1-6H3. The van der Waals surface area contributed by atoms with Crippen molar-refractivity contribution in [3.63, 3.8) is 0 Å². The summed E-state index contributed by atoms with van der Waals surface area (Å²) in [6, 6.07) is 2.51. The van der Waals surface area contributed by atoms with Gasteiger partial charge in [-0.1, -0.05) is 11.6 Å². The van der Waals surface area contributed by atoms with Crippen LogP contribution in [0.3, 0.4) is 0 Å². The SMILES string of the molecule is COc1cc(C)c(Cl)c(C)c1CN(C)C(C)C. The Morgan fingerprint density at radius 2 is 1.94 bits per heavy atom. The molecule has 0 amide bonds. The molecule has 2 nitrogen and oxygen atoms in total. The van der Waals surface area contributed by atoms with Crippen molar-refractivity contribution in [3.05, 3.63) is 27.8 Å². The second-order valence-corrected chi connectivity index (χ2v) is 5.20. The van der Waals surface area contributed by atoms with E-state index in [-0.39, 0.29) is 0 Å². The highest BCUT2D eigenvalue weighted by molar-refractivity contribution is 6.32. The quantitative estimate of drug-likeness (QED) is 0.811. The van der Waals surface area contributed by atoms with Crippen LogP contribution in [-0.2, 0) is 6.54 Å². The lowest BCUT2D eigenvalue weighted by Gasteiger charge is -2.24. The lowest BCUT2D eigenvalue weighted by molar-refractivity contribution is 0.260. The van der Waals surface area contributed by atoms with Gasteiger partial charge in [-0.3, -0.25) is 4.90 Å². The van der Waals surface area contributed by atoms with E-state index in [0.29, 0.717) is 6.04 Å². The number of hydrogen-bond donors (Lipinski definition) is 0. The molecule has 0 fully saturated rings. The summed E-state index contributed by atoms with van der Waals surface area (Å²) in [7, 11) is 3.82. The average molecular weight is 256 g/mol. The molecule has 1 aromatic rings. The highest BCUT2D eigenvalue weighted by atomic mass is 35.5. The van der Waals surface area contributed by atoms with Crippen LogP contribution in [0.1, 0.15) is 30.5 Å². The summed E-state index contributed by atoms with van der Waals surface area (Å²) < 4.78 is 5.46. The monoisotopic (exact) mass is 255 g/mol. The Morgan fingerprint density at radius 3 is 2.41 bits per heavy atom. The van der Waals surface area contributed by atoms with Crippen molar-refractivity contribution in [1.29, 1.82) is 0 Å². The van der Waals surface area contributed by atoms with Crippen LogP contribution in [0.2, 0.25) is 5.02 Å². The molecule has 0 aromatic heterocycles. The van der Waals surface area contributed by atoms with Gasteiger partial charge in [0.05, 0.1) is 7.11 Å². The van der Waals surface area contributed by atoms with Crippen molar-refractivity contribution < 1.29 is 4.74 Å². The van der Waals surface area contributed by atoms with Crippen molar-refractivity contribution in [2.75, 3.05) is 14.2 Å². The Labute approximate surface area is 110 Å². The molecule has 0 radical (unpaired) electrons. The summed E-state index contributed by atoms with van der Waals surface area (Å²) >= 11 is 6.30. The number of halogens is 1. The fourth-order valence-corrected chi connectivity index (χ4v) is 1.94. The van der Waals surface area contributed by atoms with Gasteiger partial charge in [0.15, 0.2) is 0 Å². The maximum Gasteiger partial charge on any atom is 0.123 e. The lowest BCUT2D eigenvalue weighted by Crippen LogP contribution is -2.26. The Hall–Kier alpha value is -0.730. The fourth-order valence-electron chi connectivity index (χ4n) is 1.77. The first-order valence-corrected chi connectivity index (χ1v) is 6.29. The van der Waals surface area contributed by atoms with E-state index in [4.69, 9.17) is 16.3 Å². The van der Waals surface area contributed by atoms with E-state index in [0.717, 1.165) is 28.4 Å². The third-order valence-corrected chi connectivity index (χ3v) is 3.86. The number of ether oxygens (including phenoxy) is 1. The van der Waals surface area contributed by atoms with E-state index >= 15 is 0 Å². The summed E-state index contributed by atoms with van der Waals surface area (Å²) in [6.45, 7) is 9.27. The molecule has 3 heteroatoms. The Morgan fingerprint density at radius 1 is 1.35 bits per heavy atom. The molecule has 0 saturated carbocycles. The average Bonchev–Trinajstić information content (AvgIpc) is 2.29.